The van der Waals surface area contributed by atoms with Gasteiger partial charge in [-0.3, -0.25) is 4.79 Å². The number of aliphatic hydroxyl groups is 1. The normalized spacial score (nSPS) is 21.4. The number of aliphatic hydroxyl groups excluding tert-OH is 1. The van der Waals surface area contributed by atoms with Crippen LogP contribution in [0.15, 0.2) is 48.5 Å². The summed E-state index contributed by atoms with van der Waals surface area (Å²) in [7, 11) is 3.58. The van der Waals surface area contributed by atoms with Crippen molar-refractivity contribution in [3.63, 3.8) is 0 Å². The molecule has 1 fully saturated rings. The first-order chi connectivity index (χ1) is 17.7. The van der Waals surface area contributed by atoms with Gasteiger partial charge in [-0.15, -0.1) is 0 Å². The molecule has 5 nitrogen and oxygen atoms in total. The molecule has 0 spiro atoms. The van der Waals surface area contributed by atoms with Crippen molar-refractivity contribution < 1.29 is 41.0 Å². The Balaban J connectivity index is 1.83. The largest absolute Gasteiger partial charge is 0.416 e. The molecule has 2 aromatic rings. The number of hydrogen-bond donors (Lipinski definition) is 2. The summed E-state index contributed by atoms with van der Waals surface area (Å²) in [5, 5.41) is 12.9. The first-order valence-electron chi connectivity index (χ1n) is 12.2. The number of carbonyl (C=O) groups is 1. The summed E-state index contributed by atoms with van der Waals surface area (Å²) >= 11 is 0. The van der Waals surface area contributed by atoms with Gasteiger partial charge in [-0.25, -0.2) is 0 Å². The molecule has 0 unspecified atom stereocenters. The Morgan fingerprint density at radius 1 is 1.03 bits per heavy atom. The van der Waals surface area contributed by atoms with Gasteiger partial charge in [0.1, 0.15) is 6.10 Å². The van der Waals surface area contributed by atoms with Crippen LogP contribution in [0.25, 0.3) is 0 Å². The van der Waals surface area contributed by atoms with Crippen LogP contribution in [0.5, 0.6) is 0 Å². The second-order valence-corrected chi connectivity index (χ2v) is 10.0. The van der Waals surface area contributed by atoms with Crippen molar-refractivity contribution in [2.75, 3.05) is 33.9 Å². The van der Waals surface area contributed by atoms with Gasteiger partial charge in [0.05, 0.1) is 30.9 Å². The van der Waals surface area contributed by atoms with Crippen LogP contribution in [-0.4, -0.2) is 55.8 Å². The van der Waals surface area contributed by atoms with Crippen molar-refractivity contribution in [3.8, 4) is 0 Å². The molecule has 210 valence electrons. The van der Waals surface area contributed by atoms with Crippen molar-refractivity contribution in [2.24, 2.45) is 0 Å². The van der Waals surface area contributed by atoms with E-state index in [1.54, 1.807) is 19.0 Å². The zero-order chi connectivity index (χ0) is 28.1. The van der Waals surface area contributed by atoms with Gasteiger partial charge in [0, 0.05) is 11.5 Å². The highest BCUT2D eigenvalue weighted by molar-refractivity contribution is 5.78. The Kier molecular flexibility index (Phi) is 9.48. The van der Waals surface area contributed by atoms with E-state index in [1.165, 1.54) is 0 Å². The van der Waals surface area contributed by atoms with Crippen LogP contribution in [0.1, 0.15) is 54.0 Å². The Labute approximate surface area is 217 Å². The Morgan fingerprint density at radius 3 is 2.05 bits per heavy atom. The third-order valence-electron chi connectivity index (χ3n) is 6.86. The summed E-state index contributed by atoms with van der Waals surface area (Å²) in [5.41, 5.74) is -3.00. The van der Waals surface area contributed by atoms with Gasteiger partial charge in [-0.1, -0.05) is 30.3 Å². The molecule has 1 saturated carbocycles. The van der Waals surface area contributed by atoms with E-state index in [4.69, 9.17) is 4.74 Å². The SMILES string of the molecule is CN(C)CC(=O)NC1CCC(CO[C@H](CO)c2cc(C(F)(F)F)cc(C(F)(F)F)c2)(c2ccccc2)CC1. The number of likely N-dealkylation sites (N-methyl/N-ethyl adjacent to an activating group) is 1. The minimum atomic E-state index is -5.00. The van der Waals surface area contributed by atoms with E-state index in [9.17, 15) is 36.2 Å². The van der Waals surface area contributed by atoms with Gasteiger partial charge in [0.15, 0.2) is 0 Å². The summed E-state index contributed by atoms with van der Waals surface area (Å²) in [6.07, 6.45) is -9.03. The molecule has 1 amide bonds. The second kappa shape index (κ2) is 12.0. The molecule has 0 radical (unpaired) electrons. The van der Waals surface area contributed by atoms with Crippen molar-refractivity contribution in [1.29, 1.82) is 0 Å². The van der Waals surface area contributed by atoms with Crippen LogP contribution < -0.4 is 5.32 Å². The molecule has 3 rings (SSSR count). The van der Waals surface area contributed by atoms with Gasteiger partial charge < -0.3 is 20.1 Å². The van der Waals surface area contributed by atoms with Gasteiger partial charge in [-0.05, 0) is 69.1 Å². The zero-order valence-electron chi connectivity index (χ0n) is 21.2. The number of nitrogens with zero attached hydrogens (tertiary/aromatic N) is 1. The molecule has 2 aromatic carbocycles. The number of benzene rings is 2. The lowest BCUT2D eigenvalue weighted by Crippen LogP contribution is -2.46. The molecular weight excluding hydrogens is 514 g/mol. The maximum absolute atomic E-state index is 13.4. The molecule has 38 heavy (non-hydrogen) atoms. The lowest BCUT2D eigenvalue weighted by atomic mass is 9.68. The van der Waals surface area contributed by atoms with Crippen LogP contribution in [0.3, 0.4) is 0 Å². The van der Waals surface area contributed by atoms with Crippen molar-refractivity contribution in [2.45, 2.75) is 55.6 Å². The first-order valence-corrected chi connectivity index (χ1v) is 12.2. The molecule has 0 saturated heterocycles. The predicted octanol–water partition coefficient (Wildman–Crippen LogP) is 5.33. The number of carbonyl (C=O) groups excluding carboxylic acids is 1. The number of hydrogen-bond acceptors (Lipinski definition) is 4. The third-order valence-corrected chi connectivity index (χ3v) is 6.86. The number of nitrogens with one attached hydrogen (secondary N) is 1. The molecule has 1 aliphatic carbocycles. The number of rotatable bonds is 9. The third kappa shape index (κ3) is 7.70. The molecule has 0 aliphatic heterocycles. The second-order valence-electron chi connectivity index (χ2n) is 10.0. The molecule has 11 heteroatoms. The van der Waals surface area contributed by atoms with E-state index in [-0.39, 0.29) is 31.2 Å². The van der Waals surface area contributed by atoms with E-state index in [2.05, 4.69) is 5.32 Å². The highest BCUT2D eigenvalue weighted by Gasteiger charge is 2.40. The molecule has 0 aromatic heterocycles. The maximum Gasteiger partial charge on any atom is 0.416 e. The maximum atomic E-state index is 13.4. The summed E-state index contributed by atoms with van der Waals surface area (Å²) in [6.45, 7) is -0.580. The van der Waals surface area contributed by atoms with Crippen LogP contribution in [0, 0.1) is 0 Å². The predicted molar refractivity (Wildman–Crippen MR) is 129 cm³/mol. The number of ether oxygens (including phenoxy) is 1. The van der Waals surface area contributed by atoms with Gasteiger partial charge in [0.25, 0.3) is 0 Å². The average molecular weight is 547 g/mol. The number of halogens is 6. The van der Waals surface area contributed by atoms with E-state index >= 15 is 0 Å². The Hall–Kier alpha value is -2.63. The summed E-state index contributed by atoms with van der Waals surface area (Å²) < 4.78 is 86.0. The van der Waals surface area contributed by atoms with Crippen molar-refractivity contribution in [3.05, 3.63) is 70.8 Å². The monoisotopic (exact) mass is 546 g/mol. The van der Waals surface area contributed by atoms with Crippen molar-refractivity contribution >= 4 is 5.91 Å². The summed E-state index contributed by atoms with van der Waals surface area (Å²) in [6, 6.07) is 10.5. The molecule has 0 bridgehead atoms. The topological polar surface area (TPSA) is 61.8 Å². The molecule has 1 atom stereocenters. The summed E-state index contributed by atoms with van der Waals surface area (Å²) in [4.78, 5) is 14.0. The lowest BCUT2D eigenvalue weighted by molar-refractivity contribution is -0.143. The van der Waals surface area contributed by atoms with Crippen LogP contribution in [0.2, 0.25) is 0 Å². The fourth-order valence-corrected chi connectivity index (χ4v) is 4.86. The highest BCUT2D eigenvalue weighted by Crippen LogP contribution is 2.42. The Bertz CT molecular complexity index is 1030. The minimum Gasteiger partial charge on any atom is -0.393 e. The molecule has 1 aliphatic rings. The van der Waals surface area contributed by atoms with Crippen molar-refractivity contribution in [1.82, 2.24) is 10.2 Å². The van der Waals surface area contributed by atoms with Crippen LogP contribution in [0.4, 0.5) is 26.3 Å². The highest BCUT2D eigenvalue weighted by atomic mass is 19.4. The van der Waals surface area contributed by atoms with Gasteiger partial charge in [-0.2, -0.15) is 26.3 Å². The quantitative estimate of drug-likeness (QED) is 0.418. The molecule has 2 N–H and O–H groups in total. The van der Waals surface area contributed by atoms with Crippen LogP contribution in [-0.2, 0) is 27.3 Å². The minimum absolute atomic E-state index is 0.0296. The molecular formula is C27H32F6N2O3. The number of amides is 1. The lowest BCUT2D eigenvalue weighted by Gasteiger charge is -2.41. The number of alkyl halides is 6. The average Bonchev–Trinajstić information content (AvgIpc) is 2.84. The van der Waals surface area contributed by atoms with E-state index in [1.807, 2.05) is 30.3 Å². The standard InChI is InChI=1S/C27H32F6N2O3/c1-35(2)15-24(37)34-22-8-10-25(11-9-22,19-6-4-3-5-7-19)17-38-23(16-36)18-12-20(26(28,29)30)14-21(13-18)27(31,32)33/h3-7,12-14,22-23,36H,8-11,15-17H2,1-2H3,(H,34,37)/t22?,23-,25?/m1/s1. The van der Waals surface area contributed by atoms with E-state index in [0.29, 0.717) is 37.8 Å². The fraction of sp³-hybridized carbons (Fsp3) is 0.519. The Morgan fingerprint density at radius 2 is 1.58 bits per heavy atom. The molecule has 0 heterocycles. The van der Waals surface area contributed by atoms with Crippen LogP contribution >= 0.6 is 0 Å². The zero-order valence-corrected chi connectivity index (χ0v) is 21.2. The van der Waals surface area contributed by atoms with Gasteiger partial charge in [0.2, 0.25) is 5.91 Å². The fourth-order valence-electron chi connectivity index (χ4n) is 4.86. The summed E-state index contributed by atoms with van der Waals surface area (Å²) in [5.74, 6) is -0.103. The van der Waals surface area contributed by atoms with E-state index in [0.717, 1.165) is 5.56 Å². The van der Waals surface area contributed by atoms with E-state index < -0.39 is 47.2 Å². The first kappa shape index (κ1) is 29.9. The smallest absolute Gasteiger partial charge is 0.393 e. The van der Waals surface area contributed by atoms with Gasteiger partial charge >= 0.3 is 12.4 Å².